The fourth-order valence-electron chi connectivity index (χ4n) is 1.54. The Morgan fingerprint density at radius 2 is 2.12 bits per heavy atom. The molecule has 0 radical (unpaired) electrons. The summed E-state index contributed by atoms with van der Waals surface area (Å²) in [6.07, 6.45) is 1.28. The van der Waals surface area contributed by atoms with E-state index in [4.69, 9.17) is 5.73 Å². The van der Waals surface area contributed by atoms with E-state index in [-0.39, 0.29) is 5.91 Å². The number of rotatable bonds is 6. The van der Waals surface area contributed by atoms with Crippen LogP contribution in [0.25, 0.3) is 0 Å². The van der Waals surface area contributed by atoms with Crippen LogP contribution in [0.2, 0.25) is 0 Å². The largest absolute Gasteiger partial charge is 0.399 e. The molecule has 0 atom stereocenters. The molecule has 0 unspecified atom stereocenters. The lowest BCUT2D eigenvalue weighted by atomic mass is 10.2. The van der Waals surface area contributed by atoms with E-state index in [1.165, 1.54) is 6.08 Å². The second-order valence-electron chi connectivity index (χ2n) is 3.67. The van der Waals surface area contributed by atoms with Crippen LogP contribution in [0.15, 0.2) is 36.9 Å². The zero-order valence-corrected chi connectivity index (χ0v) is 10.1. The molecule has 1 amide bonds. The fourth-order valence-corrected chi connectivity index (χ4v) is 1.54. The molecule has 17 heavy (non-hydrogen) atoms. The van der Waals surface area contributed by atoms with Crippen LogP contribution in [-0.4, -0.2) is 25.5 Å². The van der Waals surface area contributed by atoms with Gasteiger partial charge in [-0.3, -0.25) is 4.79 Å². The molecule has 1 aromatic carbocycles. The monoisotopic (exact) mass is 233 g/mol. The normalized spacial score (nSPS) is 9.71. The van der Waals surface area contributed by atoms with Gasteiger partial charge in [0.2, 0.25) is 5.91 Å². The molecule has 0 bridgehead atoms. The van der Waals surface area contributed by atoms with Gasteiger partial charge in [0.25, 0.3) is 0 Å². The minimum Gasteiger partial charge on any atom is -0.399 e. The molecule has 0 saturated heterocycles. The van der Waals surface area contributed by atoms with Gasteiger partial charge in [-0.1, -0.05) is 6.58 Å². The molecular formula is C13H19N3O. The van der Waals surface area contributed by atoms with Crippen LogP contribution in [0, 0.1) is 0 Å². The van der Waals surface area contributed by atoms with Crippen LogP contribution >= 0.6 is 0 Å². The number of anilines is 2. The molecule has 3 N–H and O–H groups in total. The summed E-state index contributed by atoms with van der Waals surface area (Å²) in [4.78, 5) is 13.2. The lowest BCUT2D eigenvalue weighted by Crippen LogP contribution is -2.34. The first kappa shape index (κ1) is 13.1. The summed E-state index contributed by atoms with van der Waals surface area (Å²) in [5.41, 5.74) is 7.50. The van der Waals surface area contributed by atoms with E-state index in [0.717, 1.165) is 24.5 Å². The maximum atomic E-state index is 11.0. The standard InChI is InChI=1S/C13H19N3O/c1-3-13(17)15-9-10-16(4-2)12-7-5-11(14)6-8-12/h3,5-8H,1,4,9-10,14H2,2H3,(H,15,17). The number of carbonyl (C=O) groups excluding carboxylic acids is 1. The number of carbonyl (C=O) groups is 1. The molecule has 0 aliphatic carbocycles. The molecule has 0 heterocycles. The Balaban J connectivity index is 2.51. The van der Waals surface area contributed by atoms with Crippen molar-refractivity contribution < 1.29 is 4.79 Å². The molecule has 92 valence electrons. The summed E-state index contributed by atoms with van der Waals surface area (Å²) in [7, 11) is 0. The van der Waals surface area contributed by atoms with Crippen molar-refractivity contribution in [2.75, 3.05) is 30.3 Å². The number of likely N-dealkylation sites (N-methyl/N-ethyl adjacent to an activating group) is 1. The van der Waals surface area contributed by atoms with Gasteiger partial charge >= 0.3 is 0 Å². The maximum absolute atomic E-state index is 11.0. The van der Waals surface area contributed by atoms with Crippen molar-refractivity contribution >= 4 is 17.3 Å². The molecule has 0 saturated carbocycles. The molecule has 1 rings (SSSR count). The van der Waals surface area contributed by atoms with Gasteiger partial charge in [-0.25, -0.2) is 0 Å². The number of hydrogen-bond acceptors (Lipinski definition) is 3. The Morgan fingerprint density at radius 1 is 1.47 bits per heavy atom. The lowest BCUT2D eigenvalue weighted by Gasteiger charge is -2.23. The summed E-state index contributed by atoms with van der Waals surface area (Å²) in [6.45, 7) is 7.73. The molecule has 0 aliphatic heterocycles. The van der Waals surface area contributed by atoms with Gasteiger partial charge in [0.1, 0.15) is 0 Å². The Hall–Kier alpha value is -1.97. The molecule has 0 fully saturated rings. The highest BCUT2D eigenvalue weighted by molar-refractivity contribution is 5.86. The summed E-state index contributed by atoms with van der Waals surface area (Å²) < 4.78 is 0. The first-order valence-corrected chi connectivity index (χ1v) is 5.68. The van der Waals surface area contributed by atoms with Gasteiger partial charge in [0.15, 0.2) is 0 Å². The van der Waals surface area contributed by atoms with Crippen LogP contribution in [0.5, 0.6) is 0 Å². The second-order valence-corrected chi connectivity index (χ2v) is 3.67. The molecule has 0 spiro atoms. The van der Waals surface area contributed by atoms with Gasteiger partial charge in [0.05, 0.1) is 0 Å². The highest BCUT2D eigenvalue weighted by atomic mass is 16.1. The number of nitrogen functional groups attached to an aromatic ring is 1. The Bertz CT molecular complexity index is 373. The highest BCUT2D eigenvalue weighted by Gasteiger charge is 2.03. The molecule has 4 nitrogen and oxygen atoms in total. The van der Waals surface area contributed by atoms with Gasteiger partial charge < -0.3 is 16.0 Å². The number of nitrogens with zero attached hydrogens (tertiary/aromatic N) is 1. The number of nitrogens with two attached hydrogens (primary N) is 1. The van der Waals surface area contributed by atoms with Gasteiger partial charge in [-0.15, -0.1) is 0 Å². The number of benzene rings is 1. The third kappa shape index (κ3) is 4.18. The van der Waals surface area contributed by atoms with Crippen molar-refractivity contribution in [2.24, 2.45) is 0 Å². The summed E-state index contributed by atoms with van der Waals surface area (Å²) in [6, 6.07) is 7.71. The maximum Gasteiger partial charge on any atom is 0.243 e. The smallest absolute Gasteiger partial charge is 0.243 e. The first-order valence-electron chi connectivity index (χ1n) is 5.68. The third-order valence-electron chi connectivity index (χ3n) is 2.51. The van der Waals surface area contributed by atoms with E-state index in [1.807, 2.05) is 24.3 Å². The molecule has 0 aromatic heterocycles. The van der Waals surface area contributed by atoms with Crippen molar-refractivity contribution in [2.45, 2.75) is 6.92 Å². The fraction of sp³-hybridized carbons (Fsp3) is 0.308. The van der Waals surface area contributed by atoms with E-state index in [0.29, 0.717) is 6.54 Å². The average molecular weight is 233 g/mol. The number of hydrogen-bond donors (Lipinski definition) is 2. The Kier molecular flexibility index (Phi) is 5.07. The number of nitrogens with one attached hydrogen (secondary N) is 1. The van der Waals surface area contributed by atoms with Gasteiger partial charge in [-0.2, -0.15) is 0 Å². The molecule has 0 aliphatic rings. The zero-order valence-electron chi connectivity index (χ0n) is 10.1. The van der Waals surface area contributed by atoms with Gasteiger partial charge in [0, 0.05) is 31.0 Å². The Morgan fingerprint density at radius 3 is 2.65 bits per heavy atom. The van der Waals surface area contributed by atoms with Crippen LogP contribution in [0.4, 0.5) is 11.4 Å². The van der Waals surface area contributed by atoms with E-state index < -0.39 is 0 Å². The quantitative estimate of drug-likeness (QED) is 0.577. The van der Waals surface area contributed by atoms with Gasteiger partial charge in [-0.05, 0) is 37.3 Å². The van der Waals surface area contributed by atoms with Crippen molar-refractivity contribution in [1.82, 2.24) is 5.32 Å². The van der Waals surface area contributed by atoms with Crippen LogP contribution in [-0.2, 0) is 4.79 Å². The minimum atomic E-state index is -0.140. The van der Waals surface area contributed by atoms with E-state index in [1.54, 1.807) is 0 Å². The van der Waals surface area contributed by atoms with Crippen LogP contribution < -0.4 is 16.0 Å². The SMILES string of the molecule is C=CC(=O)NCCN(CC)c1ccc(N)cc1. The molecular weight excluding hydrogens is 214 g/mol. The van der Waals surface area contributed by atoms with Crippen molar-refractivity contribution in [3.63, 3.8) is 0 Å². The van der Waals surface area contributed by atoms with Crippen molar-refractivity contribution in [1.29, 1.82) is 0 Å². The van der Waals surface area contributed by atoms with Crippen LogP contribution in [0.1, 0.15) is 6.92 Å². The number of amides is 1. The van der Waals surface area contributed by atoms with Crippen molar-refractivity contribution in [3.05, 3.63) is 36.9 Å². The predicted molar refractivity (Wildman–Crippen MR) is 71.9 cm³/mol. The minimum absolute atomic E-state index is 0.140. The third-order valence-corrected chi connectivity index (χ3v) is 2.51. The molecule has 1 aromatic rings. The summed E-state index contributed by atoms with van der Waals surface area (Å²) in [5.74, 6) is -0.140. The highest BCUT2D eigenvalue weighted by Crippen LogP contribution is 2.15. The average Bonchev–Trinajstić information content (AvgIpc) is 2.35. The lowest BCUT2D eigenvalue weighted by molar-refractivity contribution is -0.116. The predicted octanol–water partition coefficient (Wildman–Crippen LogP) is 1.40. The molecule has 4 heteroatoms. The summed E-state index contributed by atoms with van der Waals surface area (Å²) in [5, 5.41) is 2.75. The van der Waals surface area contributed by atoms with Crippen molar-refractivity contribution in [3.8, 4) is 0 Å². The summed E-state index contributed by atoms with van der Waals surface area (Å²) >= 11 is 0. The van der Waals surface area contributed by atoms with E-state index >= 15 is 0 Å². The zero-order chi connectivity index (χ0) is 12.7. The second kappa shape index (κ2) is 6.58. The first-order chi connectivity index (χ1) is 8.17. The topological polar surface area (TPSA) is 58.4 Å². The van der Waals surface area contributed by atoms with E-state index in [9.17, 15) is 4.79 Å². The Labute approximate surface area is 102 Å². The van der Waals surface area contributed by atoms with Crippen LogP contribution in [0.3, 0.4) is 0 Å². The van der Waals surface area contributed by atoms with E-state index in [2.05, 4.69) is 23.7 Å².